The molecule has 0 aliphatic heterocycles. The molecule has 0 aromatic heterocycles. The van der Waals surface area contributed by atoms with Crippen LogP contribution >= 0.6 is 11.8 Å². The topological polar surface area (TPSA) is 55.4 Å². The second-order valence-electron chi connectivity index (χ2n) is 5.43. The number of thioether (sulfide) groups is 1. The van der Waals surface area contributed by atoms with Gasteiger partial charge in [-0.05, 0) is 42.5 Å². The first-order valence-corrected chi connectivity index (χ1v) is 9.14. The van der Waals surface area contributed by atoms with Crippen LogP contribution in [0.2, 0.25) is 0 Å². The number of hydrogen-bond donors (Lipinski definition) is 1. The minimum atomic E-state index is -0.710. The Balaban J connectivity index is 1.78. The summed E-state index contributed by atoms with van der Waals surface area (Å²) < 4.78 is 5.24. The van der Waals surface area contributed by atoms with Gasteiger partial charge in [0.15, 0.2) is 0 Å². The predicted molar refractivity (Wildman–Crippen MR) is 101 cm³/mol. The van der Waals surface area contributed by atoms with Gasteiger partial charge in [0.05, 0.1) is 0 Å². The number of carbonyl (C=O) groups is 2. The third kappa shape index (κ3) is 6.47. The summed E-state index contributed by atoms with van der Waals surface area (Å²) in [6, 6.07) is 16.6. The third-order valence-corrected chi connectivity index (χ3v) is 4.22. The first-order valence-electron chi connectivity index (χ1n) is 7.91. The molecule has 2 aromatic carbocycles. The van der Waals surface area contributed by atoms with E-state index in [1.54, 1.807) is 24.8 Å². The fraction of sp³-hybridized carbons (Fsp3) is 0.200. The van der Waals surface area contributed by atoms with E-state index in [0.29, 0.717) is 0 Å². The van der Waals surface area contributed by atoms with Crippen molar-refractivity contribution in [1.29, 1.82) is 0 Å². The minimum absolute atomic E-state index is 0.188. The zero-order valence-corrected chi connectivity index (χ0v) is 15.1. The molecule has 0 bridgehead atoms. The van der Waals surface area contributed by atoms with Crippen LogP contribution in [0.5, 0.6) is 0 Å². The van der Waals surface area contributed by atoms with Crippen molar-refractivity contribution in [1.82, 2.24) is 5.32 Å². The van der Waals surface area contributed by atoms with Gasteiger partial charge in [-0.2, -0.15) is 0 Å². The lowest BCUT2D eigenvalue weighted by Crippen LogP contribution is -2.38. The molecule has 0 saturated carbocycles. The molecule has 25 heavy (non-hydrogen) atoms. The van der Waals surface area contributed by atoms with Crippen LogP contribution < -0.4 is 5.32 Å². The summed E-state index contributed by atoms with van der Waals surface area (Å²) >= 11 is 1.65. The van der Waals surface area contributed by atoms with Crippen molar-refractivity contribution < 1.29 is 14.3 Å². The van der Waals surface area contributed by atoms with E-state index in [2.05, 4.69) is 5.32 Å². The molecule has 0 heterocycles. The molecule has 0 aliphatic rings. The molecule has 0 radical (unpaired) electrons. The molecule has 4 nitrogen and oxygen atoms in total. The molecule has 1 atom stereocenters. The molecule has 1 amide bonds. The Labute approximate surface area is 152 Å². The number of rotatable bonds is 7. The van der Waals surface area contributed by atoms with Gasteiger partial charge in [0.2, 0.25) is 5.91 Å². The van der Waals surface area contributed by atoms with Crippen LogP contribution in [-0.4, -0.2) is 24.2 Å². The van der Waals surface area contributed by atoms with Crippen molar-refractivity contribution in [3.63, 3.8) is 0 Å². The highest BCUT2D eigenvalue weighted by atomic mass is 32.2. The number of carbonyl (C=O) groups excluding carboxylic acids is 2. The smallest absolute Gasteiger partial charge is 0.328 e. The van der Waals surface area contributed by atoms with Gasteiger partial charge < -0.3 is 10.1 Å². The van der Waals surface area contributed by atoms with E-state index in [-0.39, 0.29) is 12.5 Å². The van der Waals surface area contributed by atoms with Gasteiger partial charge in [0, 0.05) is 11.0 Å². The Morgan fingerprint density at radius 2 is 1.80 bits per heavy atom. The molecule has 1 N–H and O–H groups in total. The molecule has 130 valence electrons. The quantitative estimate of drug-likeness (QED) is 0.468. The summed E-state index contributed by atoms with van der Waals surface area (Å²) in [4.78, 5) is 25.0. The van der Waals surface area contributed by atoms with Crippen LogP contribution in [0, 0.1) is 0 Å². The van der Waals surface area contributed by atoms with Crippen molar-refractivity contribution in [2.45, 2.75) is 24.5 Å². The highest BCUT2D eigenvalue weighted by Gasteiger charge is 2.15. The fourth-order valence-corrected chi connectivity index (χ4v) is 2.47. The Morgan fingerprint density at radius 1 is 1.12 bits per heavy atom. The largest absolute Gasteiger partial charge is 0.459 e. The van der Waals surface area contributed by atoms with Gasteiger partial charge in [-0.15, -0.1) is 11.8 Å². The van der Waals surface area contributed by atoms with Crippen LogP contribution in [-0.2, 0) is 20.9 Å². The lowest BCUT2D eigenvalue weighted by atomic mass is 10.2. The van der Waals surface area contributed by atoms with Crippen molar-refractivity contribution >= 4 is 29.7 Å². The molecular formula is C20H21NO3S. The van der Waals surface area contributed by atoms with Crippen molar-refractivity contribution in [3.8, 4) is 0 Å². The molecule has 0 unspecified atom stereocenters. The number of esters is 1. The Hall–Kier alpha value is -2.53. The first kappa shape index (κ1) is 18.8. The van der Waals surface area contributed by atoms with Gasteiger partial charge in [-0.1, -0.05) is 42.5 Å². The maximum absolute atomic E-state index is 12.0. The Bertz CT molecular complexity index is 726. The minimum Gasteiger partial charge on any atom is -0.459 e. The lowest BCUT2D eigenvalue weighted by Gasteiger charge is -2.12. The van der Waals surface area contributed by atoms with E-state index >= 15 is 0 Å². The van der Waals surface area contributed by atoms with Crippen LogP contribution in [0.25, 0.3) is 6.08 Å². The molecule has 0 saturated heterocycles. The summed E-state index contributed by atoms with van der Waals surface area (Å²) in [6.07, 6.45) is 5.10. The number of amides is 1. The van der Waals surface area contributed by atoms with Crippen LogP contribution in [0.3, 0.4) is 0 Å². The van der Waals surface area contributed by atoms with Crippen molar-refractivity contribution in [2.75, 3.05) is 6.26 Å². The average molecular weight is 355 g/mol. The number of benzene rings is 2. The molecule has 5 heteroatoms. The monoisotopic (exact) mass is 355 g/mol. The highest BCUT2D eigenvalue weighted by molar-refractivity contribution is 7.98. The maximum Gasteiger partial charge on any atom is 0.328 e. The molecule has 2 aromatic rings. The molecule has 0 fully saturated rings. The van der Waals surface area contributed by atoms with Gasteiger partial charge in [-0.3, -0.25) is 4.79 Å². The molecule has 2 rings (SSSR count). The molecule has 0 aliphatic carbocycles. The van der Waals surface area contributed by atoms with Crippen molar-refractivity contribution in [3.05, 3.63) is 71.8 Å². The van der Waals surface area contributed by atoms with E-state index in [1.165, 1.54) is 6.08 Å². The van der Waals surface area contributed by atoms with Crippen LogP contribution in [0.15, 0.2) is 65.6 Å². The summed E-state index contributed by atoms with van der Waals surface area (Å²) in [5, 5.41) is 2.60. The van der Waals surface area contributed by atoms with Crippen LogP contribution in [0.4, 0.5) is 0 Å². The summed E-state index contributed by atoms with van der Waals surface area (Å²) in [6.45, 7) is 1.79. The summed E-state index contributed by atoms with van der Waals surface area (Å²) in [5.74, 6) is -0.798. The fourth-order valence-electron chi connectivity index (χ4n) is 2.06. The highest BCUT2D eigenvalue weighted by Crippen LogP contribution is 2.15. The number of nitrogens with one attached hydrogen (secondary N) is 1. The number of hydrogen-bond acceptors (Lipinski definition) is 4. The third-order valence-electron chi connectivity index (χ3n) is 3.48. The van der Waals surface area contributed by atoms with E-state index in [9.17, 15) is 9.59 Å². The number of ether oxygens (including phenoxy) is 1. The second kappa shape index (κ2) is 9.69. The zero-order valence-electron chi connectivity index (χ0n) is 14.3. The zero-order chi connectivity index (χ0) is 18.1. The summed E-state index contributed by atoms with van der Waals surface area (Å²) in [7, 11) is 0. The van der Waals surface area contributed by atoms with Gasteiger partial charge in [-0.25, -0.2) is 4.79 Å². The SMILES string of the molecule is CSc1ccc(COC(=O)[C@H](C)NC(=O)/C=C/c2ccccc2)cc1. The first-order chi connectivity index (χ1) is 12.1. The maximum atomic E-state index is 12.0. The van der Waals surface area contributed by atoms with Crippen LogP contribution in [0.1, 0.15) is 18.1 Å². The van der Waals surface area contributed by atoms with Gasteiger partial charge in [0.25, 0.3) is 0 Å². The molecule has 0 spiro atoms. The Morgan fingerprint density at radius 3 is 2.44 bits per heavy atom. The summed E-state index contributed by atoms with van der Waals surface area (Å²) in [5.41, 5.74) is 1.83. The predicted octanol–water partition coefficient (Wildman–Crippen LogP) is 3.67. The van der Waals surface area contributed by atoms with Gasteiger partial charge >= 0.3 is 5.97 Å². The van der Waals surface area contributed by atoms with Crippen molar-refractivity contribution in [2.24, 2.45) is 0 Å². The second-order valence-corrected chi connectivity index (χ2v) is 6.31. The lowest BCUT2D eigenvalue weighted by molar-refractivity contribution is -0.148. The van der Waals surface area contributed by atoms with E-state index < -0.39 is 12.0 Å². The van der Waals surface area contributed by atoms with E-state index in [4.69, 9.17) is 4.74 Å². The van der Waals surface area contributed by atoms with Gasteiger partial charge in [0.1, 0.15) is 12.6 Å². The standard InChI is InChI=1S/C20H21NO3S/c1-15(21-19(22)13-10-16-6-4-3-5-7-16)20(23)24-14-17-8-11-18(25-2)12-9-17/h3-13,15H,14H2,1-2H3,(H,21,22)/b13-10+/t15-/m0/s1. The molecular weight excluding hydrogens is 334 g/mol. The average Bonchev–Trinajstić information content (AvgIpc) is 2.65. The Kier molecular flexibility index (Phi) is 7.29. The normalized spacial score (nSPS) is 11.9. The van der Waals surface area contributed by atoms with E-state index in [1.807, 2.05) is 60.9 Å². The van der Waals surface area contributed by atoms with E-state index in [0.717, 1.165) is 16.0 Å².